The van der Waals surface area contributed by atoms with Gasteiger partial charge in [-0.1, -0.05) is 6.92 Å². The molecule has 1 unspecified atom stereocenters. The molecule has 3 nitrogen and oxygen atoms in total. The number of hydrogen-bond donors (Lipinski definition) is 0. The average Bonchev–Trinajstić information content (AvgIpc) is 2.69. The fraction of sp³-hybridized carbons (Fsp3) is 0.786. The summed E-state index contributed by atoms with van der Waals surface area (Å²) < 4.78 is 0. The van der Waals surface area contributed by atoms with Crippen LogP contribution >= 0.6 is 0 Å². The number of rotatable bonds is 3. The molecule has 0 saturated carbocycles. The number of amides is 1. The van der Waals surface area contributed by atoms with E-state index in [0.717, 1.165) is 25.6 Å². The molecule has 2 rings (SSSR count). The third-order valence-electron chi connectivity index (χ3n) is 4.01. The van der Waals surface area contributed by atoms with Crippen LogP contribution in [0.3, 0.4) is 0 Å². The Balaban J connectivity index is 1.72. The number of hydrogen-bond acceptors (Lipinski definition) is 2. The number of nitrogens with zero attached hydrogens (tertiary/aromatic N) is 2. The maximum atomic E-state index is 11.7. The first-order valence-electron chi connectivity index (χ1n) is 6.65. The van der Waals surface area contributed by atoms with E-state index in [-0.39, 0.29) is 11.8 Å². The molecule has 0 aliphatic carbocycles. The molecule has 3 heteroatoms. The van der Waals surface area contributed by atoms with Crippen molar-refractivity contribution in [3.05, 3.63) is 0 Å². The van der Waals surface area contributed by atoms with Gasteiger partial charge in [0.15, 0.2) is 0 Å². The average molecular weight is 234 g/mol. The molecule has 0 radical (unpaired) electrons. The summed E-state index contributed by atoms with van der Waals surface area (Å²) in [4.78, 5) is 16.1. The van der Waals surface area contributed by atoms with Gasteiger partial charge in [0.2, 0.25) is 5.91 Å². The minimum Gasteiger partial charge on any atom is -0.340 e. The summed E-state index contributed by atoms with van der Waals surface area (Å²) in [5.74, 6) is 3.94. The zero-order valence-electron chi connectivity index (χ0n) is 10.7. The van der Waals surface area contributed by atoms with Gasteiger partial charge >= 0.3 is 0 Å². The van der Waals surface area contributed by atoms with E-state index >= 15 is 0 Å². The van der Waals surface area contributed by atoms with Gasteiger partial charge in [-0.3, -0.25) is 4.79 Å². The highest BCUT2D eigenvalue weighted by atomic mass is 16.2. The van der Waals surface area contributed by atoms with E-state index in [0.29, 0.717) is 6.42 Å². The summed E-state index contributed by atoms with van der Waals surface area (Å²) in [5.41, 5.74) is 0. The van der Waals surface area contributed by atoms with Crippen molar-refractivity contribution >= 4 is 5.91 Å². The van der Waals surface area contributed by atoms with Crippen LogP contribution in [0.2, 0.25) is 0 Å². The minimum absolute atomic E-state index is 0.142. The van der Waals surface area contributed by atoms with Crippen molar-refractivity contribution in [2.45, 2.75) is 26.2 Å². The Morgan fingerprint density at radius 2 is 2.06 bits per heavy atom. The van der Waals surface area contributed by atoms with E-state index in [2.05, 4.69) is 17.7 Å². The number of terminal acetylenes is 1. The SMILES string of the molecule is C#CC1CC(=O)N(CCN2CCC(C)CC2)C1. The molecule has 0 spiro atoms. The second-order valence-corrected chi connectivity index (χ2v) is 5.43. The Hall–Kier alpha value is -1.01. The summed E-state index contributed by atoms with van der Waals surface area (Å²) in [6.45, 7) is 7.31. The van der Waals surface area contributed by atoms with Crippen molar-refractivity contribution in [1.82, 2.24) is 9.80 Å². The van der Waals surface area contributed by atoms with Crippen molar-refractivity contribution in [3.8, 4) is 12.3 Å². The maximum absolute atomic E-state index is 11.7. The highest BCUT2D eigenvalue weighted by Gasteiger charge is 2.28. The zero-order valence-corrected chi connectivity index (χ0v) is 10.7. The number of piperidine rings is 1. The van der Waals surface area contributed by atoms with Gasteiger partial charge in [-0.2, -0.15) is 0 Å². The lowest BCUT2D eigenvalue weighted by Crippen LogP contribution is -2.39. The summed E-state index contributed by atoms with van der Waals surface area (Å²) >= 11 is 0. The van der Waals surface area contributed by atoms with Crippen molar-refractivity contribution < 1.29 is 4.79 Å². The second kappa shape index (κ2) is 5.55. The molecule has 0 N–H and O–H groups in total. The van der Waals surface area contributed by atoms with Crippen LogP contribution in [-0.2, 0) is 4.79 Å². The molecular formula is C14H22N2O. The van der Waals surface area contributed by atoms with Gasteiger partial charge in [0.25, 0.3) is 0 Å². The zero-order chi connectivity index (χ0) is 12.3. The third-order valence-corrected chi connectivity index (χ3v) is 4.01. The van der Waals surface area contributed by atoms with Gasteiger partial charge in [0, 0.05) is 32.0 Å². The lowest BCUT2D eigenvalue weighted by Gasteiger charge is -2.31. The van der Waals surface area contributed by atoms with Crippen LogP contribution in [0.25, 0.3) is 0 Å². The van der Waals surface area contributed by atoms with Crippen LogP contribution < -0.4 is 0 Å². The summed E-state index contributed by atoms with van der Waals surface area (Å²) in [7, 11) is 0. The molecule has 94 valence electrons. The fourth-order valence-electron chi connectivity index (χ4n) is 2.65. The van der Waals surface area contributed by atoms with Crippen LogP contribution in [0.15, 0.2) is 0 Å². The predicted octanol–water partition coefficient (Wildman–Crippen LogP) is 1.20. The Labute approximate surface area is 104 Å². The molecule has 17 heavy (non-hydrogen) atoms. The normalized spacial score (nSPS) is 27.4. The van der Waals surface area contributed by atoms with Crippen molar-refractivity contribution in [2.75, 3.05) is 32.7 Å². The largest absolute Gasteiger partial charge is 0.340 e. The van der Waals surface area contributed by atoms with E-state index in [4.69, 9.17) is 6.42 Å². The first-order chi connectivity index (χ1) is 8.19. The Kier molecular flexibility index (Phi) is 4.06. The lowest BCUT2D eigenvalue weighted by atomic mass is 9.99. The molecule has 2 fully saturated rings. The van der Waals surface area contributed by atoms with Crippen molar-refractivity contribution in [2.24, 2.45) is 11.8 Å². The van der Waals surface area contributed by atoms with Crippen LogP contribution in [-0.4, -0.2) is 48.4 Å². The Morgan fingerprint density at radius 1 is 1.35 bits per heavy atom. The topological polar surface area (TPSA) is 23.6 Å². The lowest BCUT2D eigenvalue weighted by molar-refractivity contribution is -0.127. The van der Waals surface area contributed by atoms with Gasteiger partial charge < -0.3 is 9.80 Å². The molecular weight excluding hydrogens is 212 g/mol. The van der Waals surface area contributed by atoms with Gasteiger partial charge in [-0.05, 0) is 31.8 Å². The minimum atomic E-state index is 0.142. The molecule has 0 aromatic carbocycles. The highest BCUT2D eigenvalue weighted by molar-refractivity contribution is 5.79. The monoisotopic (exact) mass is 234 g/mol. The van der Waals surface area contributed by atoms with Gasteiger partial charge in [0.1, 0.15) is 0 Å². The summed E-state index contributed by atoms with van der Waals surface area (Å²) in [6.07, 6.45) is 8.51. The summed E-state index contributed by atoms with van der Waals surface area (Å²) in [5, 5.41) is 0. The Morgan fingerprint density at radius 3 is 2.65 bits per heavy atom. The van der Waals surface area contributed by atoms with Crippen molar-refractivity contribution in [1.29, 1.82) is 0 Å². The molecule has 0 bridgehead atoms. The van der Waals surface area contributed by atoms with Gasteiger partial charge in [-0.25, -0.2) is 0 Å². The van der Waals surface area contributed by atoms with Crippen LogP contribution in [0.1, 0.15) is 26.2 Å². The number of likely N-dealkylation sites (tertiary alicyclic amines) is 2. The molecule has 0 aromatic heterocycles. The molecule has 2 heterocycles. The van der Waals surface area contributed by atoms with E-state index in [9.17, 15) is 4.79 Å². The number of carbonyl (C=O) groups is 1. The van der Waals surface area contributed by atoms with E-state index < -0.39 is 0 Å². The standard InChI is InChI=1S/C14H22N2O/c1-3-13-10-14(17)16(11-13)9-8-15-6-4-12(2)5-7-15/h1,12-13H,4-11H2,2H3. The van der Waals surface area contributed by atoms with Crippen LogP contribution in [0.5, 0.6) is 0 Å². The van der Waals surface area contributed by atoms with E-state index in [1.165, 1.54) is 25.9 Å². The number of carbonyl (C=O) groups excluding carboxylic acids is 1. The molecule has 1 atom stereocenters. The van der Waals surface area contributed by atoms with Crippen LogP contribution in [0, 0.1) is 24.2 Å². The van der Waals surface area contributed by atoms with Crippen molar-refractivity contribution in [3.63, 3.8) is 0 Å². The molecule has 2 aliphatic heterocycles. The third kappa shape index (κ3) is 3.23. The molecule has 2 saturated heterocycles. The molecule has 2 aliphatic rings. The van der Waals surface area contributed by atoms with Crippen LogP contribution in [0.4, 0.5) is 0 Å². The predicted molar refractivity (Wildman–Crippen MR) is 68.4 cm³/mol. The van der Waals surface area contributed by atoms with Gasteiger partial charge in [0.05, 0.1) is 0 Å². The Bertz CT molecular complexity index is 313. The summed E-state index contributed by atoms with van der Waals surface area (Å²) in [6, 6.07) is 0. The maximum Gasteiger partial charge on any atom is 0.223 e. The first kappa shape index (κ1) is 12.4. The fourth-order valence-corrected chi connectivity index (χ4v) is 2.65. The molecule has 1 amide bonds. The smallest absolute Gasteiger partial charge is 0.223 e. The van der Waals surface area contributed by atoms with Gasteiger partial charge in [-0.15, -0.1) is 12.3 Å². The quantitative estimate of drug-likeness (QED) is 0.685. The highest BCUT2D eigenvalue weighted by Crippen LogP contribution is 2.18. The first-order valence-corrected chi connectivity index (χ1v) is 6.65. The van der Waals surface area contributed by atoms with E-state index in [1.807, 2.05) is 4.90 Å². The second-order valence-electron chi connectivity index (χ2n) is 5.43. The molecule has 0 aromatic rings. The van der Waals surface area contributed by atoms with E-state index in [1.54, 1.807) is 0 Å².